The Morgan fingerprint density at radius 3 is 2.94 bits per heavy atom. The van der Waals surface area contributed by atoms with Gasteiger partial charge < -0.3 is 15.4 Å². The van der Waals surface area contributed by atoms with Gasteiger partial charge in [0.05, 0.1) is 6.61 Å². The topological polar surface area (TPSA) is 45.7 Å². The SMILES string of the molecule is C=CCNC(=NC)NCc1cccc(OCC)c1. The van der Waals surface area contributed by atoms with Gasteiger partial charge in [0.25, 0.3) is 0 Å². The molecule has 0 amide bonds. The van der Waals surface area contributed by atoms with Crippen LogP contribution in [0.15, 0.2) is 41.9 Å². The van der Waals surface area contributed by atoms with Crippen LogP contribution < -0.4 is 15.4 Å². The lowest BCUT2D eigenvalue weighted by atomic mass is 10.2. The second-order valence-electron chi connectivity index (χ2n) is 3.68. The summed E-state index contributed by atoms with van der Waals surface area (Å²) in [5.74, 6) is 1.66. The van der Waals surface area contributed by atoms with Gasteiger partial charge in [-0.05, 0) is 24.6 Å². The molecule has 0 bridgehead atoms. The molecule has 0 aliphatic carbocycles. The summed E-state index contributed by atoms with van der Waals surface area (Å²) in [6, 6.07) is 8.02. The van der Waals surface area contributed by atoms with Crippen LogP contribution >= 0.6 is 0 Å². The van der Waals surface area contributed by atoms with Gasteiger partial charge in [-0.3, -0.25) is 4.99 Å². The Kier molecular flexibility index (Phi) is 6.40. The number of hydrogen-bond donors (Lipinski definition) is 2. The first-order valence-corrected chi connectivity index (χ1v) is 6.07. The van der Waals surface area contributed by atoms with Gasteiger partial charge >= 0.3 is 0 Å². The van der Waals surface area contributed by atoms with Crippen molar-refractivity contribution >= 4 is 5.96 Å². The van der Waals surface area contributed by atoms with E-state index in [1.54, 1.807) is 13.1 Å². The van der Waals surface area contributed by atoms with Gasteiger partial charge in [0.1, 0.15) is 5.75 Å². The Labute approximate surface area is 109 Å². The minimum absolute atomic E-state index is 0.680. The zero-order valence-corrected chi connectivity index (χ0v) is 11.1. The van der Waals surface area contributed by atoms with Crippen molar-refractivity contribution in [3.05, 3.63) is 42.5 Å². The molecule has 0 aliphatic heterocycles. The van der Waals surface area contributed by atoms with E-state index in [-0.39, 0.29) is 0 Å². The van der Waals surface area contributed by atoms with Gasteiger partial charge in [0.2, 0.25) is 0 Å². The molecule has 0 atom stereocenters. The number of nitrogens with zero attached hydrogens (tertiary/aromatic N) is 1. The molecule has 98 valence electrons. The van der Waals surface area contributed by atoms with Crippen molar-refractivity contribution in [2.75, 3.05) is 20.2 Å². The minimum Gasteiger partial charge on any atom is -0.494 e. The van der Waals surface area contributed by atoms with E-state index in [0.29, 0.717) is 19.7 Å². The fraction of sp³-hybridized carbons (Fsp3) is 0.357. The highest BCUT2D eigenvalue weighted by atomic mass is 16.5. The van der Waals surface area contributed by atoms with Gasteiger partial charge in [0.15, 0.2) is 5.96 Å². The van der Waals surface area contributed by atoms with Crippen LogP contribution in [0, 0.1) is 0 Å². The quantitative estimate of drug-likeness (QED) is 0.459. The molecule has 4 nitrogen and oxygen atoms in total. The standard InChI is InChI=1S/C14H21N3O/c1-4-9-16-14(15-3)17-11-12-7-6-8-13(10-12)18-5-2/h4,6-8,10H,1,5,9,11H2,2-3H3,(H2,15,16,17). The molecule has 0 fully saturated rings. The number of ether oxygens (including phenoxy) is 1. The van der Waals surface area contributed by atoms with Gasteiger partial charge in [0, 0.05) is 20.1 Å². The van der Waals surface area contributed by atoms with E-state index in [2.05, 4.69) is 28.3 Å². The van der Waals surface area contributed by atoms with Crippen molar-refractivity contribution in [1.82, 2.24) is 10.6 Å². The third kappa shape index (κ3) is 4.91. The number of rotatable bonds is 6. The molecule has 0 aliphatic rings. The highest BCUT2D eigenvalue weighted by molar-refractivity contribution is 5.79. The predicted molar refractivity (Wildman–Crippen MR) is 76.0 cm³/mol. The van der Waals surface area contributed by atoms with Crippen LogP contribution in [0.3, 0.4) is 0 Å². The molecule has 1 rings (SSSR count). The lowest BCUT2D eigenvalue weighted by molar-refractivity contribution is 0.340. The third-order valence-electron chi connectivity index (χ3n) is 2.31. The Balaban J connectivity index is 2.51. The summed E-state index contributed by atoms with van der Waals surface area (Å²) in [5.41, 5.74) is 1.16. The maximum atomic E-state index is 5.46. The smallest absolute Gasteiger partial charge is 0.191 e. The number of hydrogen-bond acceptors (Lipinski definition) is 2. The molecule has 0 heterocycles. The summed E-state index contributed by atoms with van der Waals surface area (Å²) >= 11 is 0. The Morgan fingerprint density at radius 2 is 2.28 bits per heavy atom. The van der Waals surface area contributed by atoms with E-state index in [1.807, 2.05) is 25.1 Å². The maximum Gasteiger partial charge on any atom is 0.191 e. The first kappa shape index (κ1) is 14.1. The van der Waals surface area contributed by atoms with E-state index >= 15 is 0 Å². The second kappa shape index (κ2) is 8.17. The molecule has 0 aromatic heterocycles. The molecule has 4 heteroatoms. The van der Waals surface area contributed by atoms with E-state index in [1.165, 1.54) is 0 Å². The predicted octanol–water partition coefficient (Wildman–Crippen LogP) is 1.94. The van der Waals surface area contributed by atoms with Crippen molar-refractivity contribution in [2.24, 2.45) is 4.99 Å². The van der Waals surface area contributed by atoms with E-state index in [4.69, 9.17) is 4.74 Å². The van der Waals surface area contributed by atoms with Gasteiger partial charge in [-0.2, -0.15) is 0 Å². The highest BCUT2D eigenvalue weighted by Gasteiger charge is 1.98. The molecule has 2 N–H and O–H groups in total. The molecule has 0 spiro atoms. The molecule has 1 aromatic rings. The third-order valence-corrected chi connectivity index (χ3v) is 2.31. The highest BCUT2D eigenvalue weighted by Crippen LogP contribution is 2.12. The first-order valence-electron chi connectivity index (χ1n) is 6.07. The first-order chi connectivity index (χ1) is 8.80. The maximum absolute atomic E-state index is 5.46. The Hall–Kier alpha value is -1.97. The summed E-state index contributed by atoms with van der Waals surface area (Å²) in [4.78, 5) is 4.11. The van der Waals surface area contributed by atoms with Crippen LogP contribution in [0.5, 0.6) is 5.75 Å². The van der Waals surface area contributed by atoms with Crippen LogP contribution in [-0.2, 0) is 6.54 Å². The van der Waals surface area contributed by atoms with Crippen molar-refractivity contribution in [3.63, 3.8) is 0 Å². The van der Waals surface area contributed by atoms with Gasteiger partial charge in [-0.1, -0.05) is 18.2 Å². The van der Waals surface area contributed by atoms with Gasteiger partial charge in [-0.15, -0.1) is 6.58 Å². The number of nitrogens with one attached hydrogen (secondary N) is 2. The summed E-state index contributed by atoms with van der Waals surface area (Å²) in [6.07, 6.45) is 1.79. The van der Waals surface area contributed by atoms with E-state index < -0.39 is 0 Å². The molecule has 1 aromatic carbocycles. The zero-order valence-electron chi connectivity index (χ0n) is 11.1. The minimum atomic E-state index is 0.680. The zero-order chi connectivity index (χ0) is 13.2. The van der Waals surface area contributed by atoms with Crippen LogP contribution in [0.4, 0.5) is 0 Å². The summed E-state index contributed by atoms with van der Waals surface area (Å²) in [5, 5.41) is 6.34. The van der Waals surface area contributed by atoms with Crippen LogP contribution in [0.2, 0.25) is 0 Å². The molecular formula is C14H21N3O. The lowest BCUT2D eigenvalue weighted by Gasteiger charge is -2.11. The molecular weight excluding hydrogens is 226 g/mol. The van der Waals surface area contributed by atoms with E-state index in [9.17, 15) is 0 Å². The molecule has 0 saturated heterocycles. The van der Waals surface area contributed by atoms with Crippen molar-refractivity contribution in [2.45, 2.75) is 13.5 Å². The van der Waals surface area contributed by atoms with Crippen LogP contribution in [-0.4, -0.2) is 26.2 Å². The Morgan fingerprint density at radius 1 is 1.44 bits per heavy atom. The van der Waals surface area contributed by atoms with Gasteiger partial charge in [-0.25, -0.2) is 0 Å². The molecule has 0 radical (unpaired) electrons. The fourth-order valence-electron chi connectivity index (χ4n) is 1.49. The number of benzene rings is 1. The molecule has 0 saturated carbocycles. The second-order valence-corrected chi connectivity index (χ2v) is 3.68. The van der Waals surface area contributed by atoms with Crippen LogP contribution in [0.25, 0.3) is 0 Å². The molecule has 0 unspecified atom stereocenters. The monoisotopic (exact) mass is 247 g/mol. The fourth-order valence-corrected chi connectivity index (χ4v) is 1.49. The average molecular weight is 247 g/mol. The van der Waals surface area contributed by atoms with Crippen molar-refractivity contribution in [1.29, 1.82) is 0 Å². The summed E-state index contributed by atoms with van der Waals surface area (Å²) in [7, 11) is 1.75. The lowest BCUT2D eigenvalue weighted by Crippen LogP contribution is -2.36. The van der Waals surface area contributed by atoms with E-state index in [0.717, 1.165) is 17.3 Å². The Bertz CT molecular complexity index is 402. The van der Waals surface area contributed by atoms with Crippen LogP contribution in [0.1, 0.15) is 12.5 Å². The largest absolute Gasteiger partial charge is 0.494 e. The average Bonchev–Trinajstić information content (AvgIpc) is 2.40. The number of guanidine groups is 1. The summed E-state index contributed by atoms with van der Waals surface area (Å²) < 4.78 is 5.46. The molecule has 18 heavy (non-hydrogen) atoms. The van der Waals surface area contributed by atoms with Crippen molar-refractivity contribution < 1.29 is 4.74 Å². The normalized spacial score (nSPS) is 10.9. The summed E-state index contributed by atoms with van der Waals surface area (Å²) in [6.45, 7) is 7.71. The van der Waals surface area contributed by atoms with Crippen molar-refractivity contribution in [3.8, 4) is 5.75 Å². The number of aliphatic imine (C=N–C) groups is 1.